The van der Waals surface area contributed by atoms with Gasteiger partial charge in [-0.3, -0.25) is 0 Å². The van der Waals surface area contributed by atoms with Crippen LogP contribution in [-0.2, 0) is 11.5 Å². The molecule has 0 radical (unpaired) electrons. The molecule has 0 N–H and O–H groups in total. The van der Waals surface area contributed by atoms with E-state index in [4.69, 9.17) is 8.94 Å². The van der Waals surface area contributed by atoms with Gasteiger partial charge in [0.1, 0.15) is 11.6 Å². The van der Waals surface area contributed by atoms with E-state index in [1.165, 1.54) is 6.07 Å². The highest BCUT2D eigenvalue weighted by atomic mass is 79.9. The van der Waals surface area contributed by atoms with Crippen LogP contribution in [0.5, 0.6) is 0 Å². The molecule has 0 aliphatic heterocycles. The summed E-state index contributed by atoms with van der Waals surface area (Å²) in [6.45, 7) is 0. The number of thioether (sulfide) groups is 1. The van der Waals surface area contributed by atoms with E-state index in [0.29, 0.717) is 34.5 Å². The molecule has 0 unspecified atom stereocenters. The Kier molecular flexibility index (Phi) is 5.40. The third kappa shape index (κ3) is 4.31. The van der Waals surface area contributed by atoms with Crippen LogP contribution in [0.15, 0.2) is 74.1 Å². The fourth-order valence-electron chi connectivity index (χ4n) is 2.49. The third-order valence-electron chi connectivity index (χ3n) is 3.86. The summed E-state index contributed by atoms with van der Waals surface area (Å²) in [7, 11) is 0. The second-order valence-electron chi connectivity index (χ2n) is 5.78. The number of hydrogen-bond donors (Lipinski definition) is 0. The van der Waals surface area contributed by atoms with E-state index in [0.717, 1.165) is 15.8 Å². The van der Waals surface area contributed by atoms with Gasteiger partial charge in [-0.2, -0.15) is 4.98 Å². The van der Waals surface area contributed by atoms with Gasteiger partial charge in [0.15, 0.2) is 5.76 Å². The maximum absolute atomic E-state index is 13.6. The predicted molar refractivity (Wildman–Crippen MR) is 107 cm³/mol. The van der Waals surface area contributed by atoms with Crippen LogP contribution >= 0.6 is 27.7 Å². The van der Waals surface area contributed by atoms with E-state index < -0.39 is 0 Å². The fourth-order valence-corrected chi connectivity index (χ4v) is 3.66. The summed E-state index contributed by atoms with van der Waals surface area (Å²) in [5, 5.41) is 4.00. The van der Waals surface area contributed by atoms with Gasteiger partial charge in [0, 0.05) is 15.8 Å². The monoisotopic (exact) mass is 444 g/mol. The molecule has 0 amide bonds. The normalized spacial score (nSPS) is 11.0. The largest absolute Gasteiger partial charge is 0.455 e. The predicted octanol–water partition coefficient (Wildman–Crippen LogP) is 6.33. The van der Waals surface area contributed by atoms with Gasteiger partial charge in [-0.05, 0) is 48.0 Å². The van der Waals surface area contributed by atoms with E-state index in [1.807, 2.05) is 36.4 Å². The number of benzene rings is 2. The first-order valence-corrected chi connectivity index (χ1v) is 10.1. The molecular weight excluding hydrogens is 431 g/mol. The second-order valence-corrected chi connectivity index (χ2v) is 7.68. The van der Waals surface area contributed by atoms with E-state index in [2.05, 4.69) is 26.1 Å². The Labute approximate surface area is 167 Å². The molecule has 0 saturated carbocycles. The van der Waals surface area contributed by atoms with Crippen molar-refractivity contribution in [3.05, 3.63) is 82.3 Å². The van der Waals surface area contributed by atoms with Crippen LogP contribution in [0.3, 0.4) is 0 Å². The SMILES string of the molecule is Fc1ccccc1CSCc1ccc(-c2nc(-c3ccc(Br)cc3)no2)o1. The van der Waals surface area contributed by atoms with Crippen molar-refractivity contribution >= 4 is 27.7 Å². The van der Waals surface area contributed by atoms with Crippen molar-refractivity contribution in [2.24, 2.45) is 0 Å². The maximum Gasteiger partial charge on any atom is 0.293 e. The summed E-state index contributed by atoms with van der Waals surface area (Å²) in [5.74, 6) is 3.15. The molecule has 0 atom stereocenters. The quantitative estimate of drug-likeness (QED) is 0.347. The minimum atomic E-state index is -0.184. The van der Waals surface area contributed by atoms with Gasteiger partial charge in [0.05, 0.1) is 5.75 Å². The zero-order chi connectivity index (χ0) is 18.6. The van der Waals surface area contributed by atoms with Gasteiger partial charge in [-0.25, -0.2) is 4.39 Å². The standard InChI is InChI=1S/C20H14BrFN2O2S/c21-15-7-5-13(6-8-15)19-23-20(26-24-19)18-10-9-16(25-18)12-27-11-14-3-1-2-4-17(14)22/h1-10H,11-12H2. The van der Waals surface area contributed by atoms with Crippen molar-refractivity contribution in [1.82, 2.24) is 10.1 Å². The van der Waals surface area contributed by atoms with Crippen LogP contribution in [0.4, 0.5) is 4.39 Å². The number of hydrogen-bond acceptors (Lipinski definition) is 5. The van der Waals surface area contributed by atoms with Gasteiger partial charge in [-0.1, -0.05) is 39.3 Å². The van der Waals surface area contributed by atoms with Gasteiger partial charge in [0.2, 0.25) is 5.82 Å². The maximum atomic E-state index is 13.6. The zero-order valence-corrected chi connectivity index (χ0v) is 16.5. The molecular formula is C20H14BrFN2O2S. The molecule has 2 heterocycles. The number of aromatic nitrogens is 2. The number of furan rings is 1. The Morgan fingerprint density at radius 1 is 0.963 bits per heavy atom. The Morgan fingerprint density at radius 2 is 1.78 bits per heavy atom. The lowest BCUT2D eigenvalue weighted by molar-refractivity contribution is 0.413. The van der Waals surface area contributed by atoms with E-state index in [-0.39, 0.29) is 5.82 Å². The Balaban J connectivity index is 1.41. The zero-order valence-electron chi connectivity index (χ0n) is 14.1. The lowest BCUT2D eigenvalue weighted by Gasteiger charge is -2.01. The minimum Gasteiger partial charge on any atom is -0.455 e. The third-order valence-corrected chi connectivity index (χ3v) is 5.39. The molecule has 0 fully saturated rings. The van der Waals surface area contributed by atoms with Crippen molar-refractivity contribution < 1.29 is 13.3 Å². The van der Waals surface area contributed by atoms with Gasteiger partial charge < -0.3 is 8.94 Å². The van der Waals surface area contributed by atoms with Crippen LogP contribution < -0.4 is 0 Å². The van der Waals surface area contributed by atoms with Crippen molar-refractivity contribution in [1.29, 1.82) is 0 Å². The van der Waals surface area contributed by atoms with E-state index in [1.54, 1.807) is 30.0 Å². The molecule has 0 spiro atoms. The van der Waals surface area contributed by atoms with Crippen LogP contribution in [-0.4, -0.2) is 10.1 Å². The smallest absolute Gasteiger partial charge is 0.293 e. The number of halogens is 2. The number of rotatable bonds is 6. The van der Waals surface area contributed by atoms with Crippen molar-refractivity contribution in [2.75, 3.05) is 0 Å². The molecule has 0 bridgehead atoms. The van der Waals surface area contributed by atoms with Crippen molar-refractivity contribution in [3.8, 4) is 23.0 Å². The van der Waals surface area contributed by atoms with Crippen LogP contribution in [0.1, 0.15) is 11.3 Å². The minimum absolute atomic E-state index is 0.184. The lowest BCUT2D eigenvalue weighted by Crippen LogP contribution is -1.86. The molecule has 0 saturated heterocycles. The second kappa shape index (κ2) is 8.10. The lowest BCUT2D eigenvalue weighted by atomic mass is 10.2. The molecule has 4 rings (SSSR count). The Hall–Kier alpha value is -2.38. The van der Waals surface area contributed by atoms with Crippen LogP contribution in [0, 0.1) is 5.82 Å². The van der Waals surface area contributed by atoms with Gasteiger partial charge in [0.25, 0.3) is 5.89 Å². The van der Waals surface area contributed by atoms with Crippen molar-refractivity contribution in [3.63, 3.8) is 0 Å². The summed E-state index contributed by atoms with van der Waals surface area (Å²) in [6.07, 6.45) is 0. The molecule has 4 nitrogen and oxygen atoms in total. The van der Waals surface area contributed by atoms with Crippen molar-refractivity contribution in [2.45, 2.75) is 11.5 Å². The summed E-state index contributed by atoms with van der Waals surface area (Å²) in [6, 6.07) is 18.1. The summed E-state index contributed by atoms with van der Waals surface area (Å²) < 4.78 is 25.7. The fraction of sp³-hybridized carbons (Fsp3) is 0.100. The Morgan fingerprint density at radius 3 is 2.59 bits per heavy atom. The summed E-state index contributed by atoms with van der Waals surface area (Å²) in [4.78, 5) is 4.39. The molecule has 136 valence electrons. The molecule has 4 aromatic rings. The summed E-state index contributed by atoms with van der Waals surface area (Å²) >= 11 is 4.98. The molecule has 2 aromatic heterocycles. The highest BCUT2D eigenvalue weighted by Crippen LogP contribution is 2.27. The molecule has 0 aliphatic rings. The topological polar surface area (TPSA) is 52.1 Å². The molecule has 2 aromatic carbocycles. The molecule has 0 aliphatic carbocycles. The first kappa shape index (κ1) is 18.0. The van der Waals surface area contributed by atoms with Gasteiger partial charge in [-0.15, -0.1) is 11.8 Å². The average Bonchev–Trinajstić information content (AvgIpc) is 3.33. The summed E-state index contributed by atoms with van der Waals surface area (Å²) in [5.41, 5.74) is 1.55. The van der Waals surface area contributed by atoms with E-state index >= 15 is 0 Å². The Bertz CT molecular complexity index is 1050. The number of nitrogens with zero attached hydrogens (tertiary/aromatic N) is 2. The molecule has 7 heteroatoms. The van der Waals surface area contributed by atoms with Crippen LogP contribution in [0.25, 0.3) is 23.0 Å². The van der Waals surface area contributed by atoms with Crippen LogP contribution in [0.2, 0.25) is 0 Å². The average molecular weight is 445 g/mol. The highest BCUT2D eigenvalue weighted by molar-refractivity contribution is 9.10. The first-order valence-electron chi connectivity index (χ1n) is 8.19. The van der Waals surface area contributed by atoms with E-state index in [9.17, 15) is 4.39 Å². The highest BCUT2D eigenvalue weighted by Gasteiger charge is 2.14. The first-order chi connectivity index (χ1) is 13.2. The molecule has 27 heavy (non-hydrogen) atoms. The van der Waals surface area contributed by atoms with Gasteiger partial charge >= 0.3 is 0 Å².